The van der Waals surface area contributed by atoms with Crippen LogP contribution in [0, 0.1) is 0 Å². The normalized spacial score (nSPS) is 10.1. The number of anilines is 1. The molecule has 1 amide bonds. The first kappa shape index (κ1) is 14.9. The molecule has 21 heavy (non-hydrogen) atoms. The van der Waals surface area contributed by atoms with E-state index in [1.165, 1.54) is 0 Å². The van der Waals surface area contributed by atoms with Crippen LogP contribution in [-0.4, -0.2) is 22.8 Å². The molecule has 0 aliphatic carbocycles. The van der Waals surface area contributed by atoms with Gasteiger partial charge in [-0.05, 0) is 5.56 Å². The monoisotopic (exact) mass is 303 g/mol. The Labute approximate surface area is 125 Å². The number of hydrogen-bond donors (Lipinski definition) is 2. The molecule has 2 rings (SSSR count). The summed E-state index contributed by atoms with van der Waals surface area (Å²) in [7, 11) is 0. The lowest BCUT2D eigenvalue weighted by atomic mass is 10.0. The Morgan fingerprint density at radius 2 is 1.86 bits per heavy atom. The van der Waals surface area contributed by atoms with Gasteiger partial charge in [-0.15, -0.1) is 11.3 Å². The van der Waals surface area contributed by atoms with Crippen molar-refractivity contribution >= 4 is 34.0 Å². The fourth-order valence-corrected chi connectivity index (χ4v) is 2.78. The standard InChI is InChI=1S/C15H13NO4S/c1-2-11(17)13(18)16-14-12(15(19)20)10(8-21-14)9-6-4-3-5-7-9/h3-8H,2H2,1H3,(H,16,18)(H,19,20). The number of aromatic carboxylic acids is 1. The first-order valence-electron chi connectivity index (χ1n) is 6.29. The van der Waals surface area contributed by atoms with Crippen LogP contribution in [0.5, 0.6) is 0 Å². The van der Waals surface area contributed by atoms with Crippen molar-refractivity contribution in [2.75, 3.05) is 5.32 Å². The van der Waals surface area contributed by atoms with Gasteiger partial charge in [-0.3, -0.25) is 9.59 Å². The Morgan fingerprint density at radius 1 is 1.19 bits per heavy atom. The average molecular weight is 303 g/mol. The second-order valence-electron chi connectivity index (χ2n) is 4.26. The van der Waals surface area contributed by atoms with Crippen molar-refractivity contribution in [2.24, 2.45) is 0 Å². The summed E-state index contributed by atoms with van der Waals surface area (Å²) in [5.41, 5.74) is 1.27. The fourth-order valence-electron chi connectivity index (χ4n) is 1.83. The molecule has 1 aromatic carbocycles. The number of benzene rings is 1. The number of hydrogen-bond acceptors (Lipinski definition) is 4. The maximum Gasteiger partial charge on any atom is 0.339 e. The van der Waals surface area contributed by atoms with Gasteiger partial charge in [-0.1, -0.05) is 37.3 Å². The molecule has 0 unspecified atom stereocenters. The molecule has 0 aliphatic rings. The number of nitrogens with one attached hydrogen (secondary N) is 1. The van der Waals surface area contributed by atoms with E-state index in [4.69, 9.17) is 0 Å². The molecular weight excluding hydrogens is 290 g/mol. The van der Waals surface area contributed by atoms with E-state index in [9.17, 15) is 19.5 Å². The number of carboxylic acid groups (broad SMARTS) is 1. The number of carbonyl (C=O) groups is 3. The summed E-state index contributed by atoms with van der Waals surface area (Å²) < 4.78 is 0. The van der Waals surface area contributed by atoms with Crippen LogP contribution in [0.3, 0.4) is 0 Å². The molecule has 0 bridgehead atoms. The summed E-state index contributed by atoms with van der Waals surface area (Å²) in [5, 5.41) is 13.6. The van der Waals surface area contributed by atoms with Crippen molar-refractivity contribution in [1.29, 1.82) is 0 Å². The van der Waals surface area contributed by atoms with Crippen LogP contribution in [-0.2, 0) is 9.59 Å². The van der Waals surface area contributed by atoms with Gasteiger partial charge in [0.15, 0.2) is 0 Å². The molecule has 6 heteroatoms. The zero-order chi connectivity index (χ0) is 15.4. The van der Waals surface area contributed by atoms with Gasteiger partial charge < -0.3 is 10.4 Å². The van der Waals surface area contributed by atoms with Crippen molar-refractivity contribution in [3.63, 3.8) is 0 Å². The van der Waals surface area contributed by atoms with Crippen molar-refractivity contribution in [3.05, 3.63) is 41.3 Å². The van der Waals surface area contributed by atoms with Gasteiger partial charge in [0.2, 0.25) is 5.78 Å². The minimum atomic E-state index is -1.14. The summed E-state index contributed by atoms with van der Waals surface area (Å²) in [6.45, 7) is 1.57. The van der Waals surface area contributed by atoms with Crippen LogP contribution in [0.4, 0.5) is 5.00 Å². The van der Waals surface area contributed by atoms with E-state index >= 15 is 0 Å². The third kappa shape index (κ3) is 3.17. The topological polar surface area (TPSA) is 83.5 Å². The van der Waals surface area contributed by atoms with Crippen molar-refractivity contribution in [1.82, 2.24) is 0 Å². The van der Waals surface area contributed by atoms with Crippen molar-refractivity contribution in [3.8, 4) is 11.1 Å². The summed E-state index contributed by atoms with van der Waals surface area (Å²) >= 11 is 1.09. The zero-order valence-electron chi connectivity index (χ0n) is 11.3. The Balaban J connectivity index is 2.41. The quantitative estimate of drug-likeness (QED) is 0.832. The van der Waals surface area contributed by atoms with Crippen LogP contribution in [0.1, 0.15) is 23.7 Å². The van der Waals surface area contributed by atoms with E-state index in [1.54, 1.807) is 36.6 Å². The third-order valence-electron chi connectivity index (χ3n) is 2.89. The highest BCUT2D eigenvalue weighted by Gasteiger charge is 2.22. The highest BCUT2D eigenvalue weighted by atomic mass is 32.1. The van der Waals surface area contributed by atoms with E-state index in [2.05, 4.69) is 5.32 Å². The lowest BCUT2D eigenvalue weighted by Gasteiger charge is -2.04. The highest BCUT2D eigenvalue weighted by molar-refractivity contribution is 7.15. The van der Waals surface area contributed by atoms with Crippen molar-refractivity contribution in [2.45, 2.75) is 13.3 Å². The summed E-state index contributed by atoms with van der Waals surface area (Å²) in [4.78, 5) is 34.4. The van der Waals surface area contributed by atoms with Crippen LogP contribution in [0.15, 0.2) is 35.7 Å². The lowest BCUT2D eigenvalue weighted by Crippen LogP contribution is -2.22. The van der Waals surface area contributed by atoms with E-state index in [1.807, 2.05) is 6.07 Å². The maximum atomic E-state index is 11.6. The smallest absolute Gasteiger partial charge is 0.339 e. The molecule has 0 atom stereocenters. The highest BCUT2D eigenvalue weighted by Crippen LogP contribution is 2.35. The second-order valence-corrected chi connectivity index (χ2v) is 5.14. The van der Waals surface area contributed by atoms with Gasteiger partial charge in [0.1, 0.15) is 10.6 Å². The molecule has 0 saturated heterocycles. The summed E-state index contributed by atoms with van der Waals surface area (Å²) in [6, 6.07) is 9.02. The molecule has 1 heterocycles. The van der Waals surface area contributed by atoms with Crippen LogP contribution in [0.2, 0.25) is 0 Å². The van der Waals surface area contributed by atoms with Crippen LogP contribution < -0.4 is 5.32 Å². The molecular formula is C15H13NO4S. The van der Waals surface area contributed by atoms with Gasteiger partial charge >= 0.3 is 5.97 Å². The number of thiophene rings is 1. The summed E-state index contributed by atoms with van der Waals surface area (Å²) in [5.74, 6) is -2.52. The van der Waals surface area contributed by atoms with Gasteiger partial charge in [-0.25, -0.2) is 4.79 Å². The molecule has 0 saturated carbocycles. The molecule has 108 valence electrons. The molecule has 0 radical (unpaired) electrons. The number of carbonyl (C=O) groups excluding carboxylic acids is 2. The predicted octanol–water partition coefficient (Wildman–Crippen LogP) is 3.03. The molecule has 0 spiro atoms. The molecule has 1 aromatic heterocycles. The third-order valence-corrected chi connectivity index (χ3v) is 3.79. The Morgan fingerprint density at radius 3 is 2.43 bits per heavy atom. The first-order valence-corrected chi connectivity index (χ1v) is 7.17. The Hall–Kier alpha value is -2.47. The number of ketones is 1. The number of carboxylic acids is 1. The molecule has 5 nitrogen and oxygen atoms in total. The van der Waals surface area contributed by atoms with E-state index in [0.29, 0.717) is 5.56 Å². The van der Waals surface area contributed by atoms with E-state index in [0.717, 1.165) is 16.9 Å². The van der Waals surface area contributed by atoms with Crippen LogP contribution in [0.25, 0.3) is 11.1 Å². The zero-order valence-corrected chi connectivity index (χ0v) is 12.1. The number of rotatable bonds is 5. The lowest BCUT2D eigenvalue weighted by molar-refractivity contribution is -0.134. The molecule has 2 aromatic rings. The predicted molar refractivity (Wildman–Crippen MR) is 80.6 cm³/mol. The van der Waals surface area contributed by atoms with Gasteiger partial charge in [0, 0.05) is 17.4 Å². The van der Waals surface area contributed by atoms with Gasteiger partial charge in [0.25, 0.3) is 5.91 Å². The van der Waals surface area contributed by atoms with Crippen LogP contribution >= 0.6 is 11.3 Å². The maximum absolute atomic E-state index is 11.6. The number of amides is 1. The molecule has 2 N–H and O–H groups in total. The van der Waals surface area contributed by atoms with Crippen molar-refractivity contribution < 1.29 is 19.5 Å². The largest absolute Gasteiger partial charge is 0.478 e. The number of Topliss-reactive ketones (excluding diaryl/α,β-unsaturated/α-hetero) is 1. The second kappa shape index (κ2) is 6.32. The average Bonchev–Trinajstić information content (AvgIpc) is 2.91. The van der Waals surface area contributed by atoms with Gasteiger partial charge in [0.05, 0.1) is 0 Å². The van der Waals surface area contributed by atoms with E-state index in [-0.39, 0.29) is 17.0 Å². The SMILES string of the molecule is CCC(=O)C(=O)Nc1scc(-c2ccccc2)c1C(=O)O. The van der Waals surface area contributed by atoms with E-state index < -0.39 is 17.7 Å². The fraction of sp³-hybridized carbons (Fsp3) is 0.133. The Kier molecular flexibility index (Phi) is 4.49. The first-order chi connectivity index (χ1) is 10.0. The minimum Gasteiger partial charge on any atom is -0.478 e. The summed E-state index contributed by atoms with van der Waals surface area (Å²) in [6.07, 6.45) is 0.0746. The Bertz CT molecular complexity index is 691. The molecule has 0 fully saturated rings. The van der Waals surface area contributed by atoms with Gasteiger partial charge in [-0.2, -0.15) is 0 Å². The minimum absolute atomic E-state index is 0.00320. The molecule has 0 aliphatic heterocycles.